The third-order valence-corrected chi connectivity index (χ3v) is 4.12. The highest BCUT2D eigenvalue weighted by atomic mass is 16.2. The number of carbonyl (C=O) groups is 2. The maximum atomic E-state index is 12.5. The van der Waals surface area contributed by atoms with E-state index in [1.54, 1.807) is 24.3 Å². The summed E-state index contributed by atoms with van der Waals surface area (Å²) in [5.41, 5.74) is 6.20. The van der Waals surface area contributed by atoms with Crippen molar-refractivity contribution in [2.45, 2.75) is 53.0 Å². The number of nitrogens with one attached hydrogen (secondary N) is 2. The molecule has 5 heteroatoms. The van der Waals surface area contributed by atoms with Crippen molar-refractivity contribution in [2.75, 3.05) is 11.9 Å². The summed E-state index contributed by atoms with van der Waals surface area (Å²) >= 11 is 0. The Morgan fingerprint density at radius 1 is 1.04 bits per heavy atom. The van der Waals surface area contributed by atoms with Crippen LogP contribution in [0.15, 0.2) is 24.3 Å². The Labute approximate surface area is 139 Å². The van der Waals surface area contributed by atoms with Gasteiger partial charge in [-0.15, -0.1) is 0 Å². The fraction of sp³-hybridized carbons (Fsp3) is 0.556. The second-order valence-electron chi connectivity index (χ2n) is 6.93. The number of nitrogens with two attached hydrogens (primary N) is 1. The number of amides is 2. The quantitative estimate of drug-likeness (QED) is 0.753. The molecular formula is C18H29N3O2. The summed E-state index contributed by atoms with van der Waals surface area (Å²) in [7, 11) is 0. The molecule has 1 aromatic rings. The van der Waals surface area contributed by atoms with E-state index >= 15 is 0 Å². The summed E-state index contributed by atoms with van der Waals surface area (Å²) in [5, 5.41) is 5.80. The van der Waals surface area contributed by atoms with Crippen LogP contribution in [-0.4, -0.2) is 23.9 Å². The van der Waals surface area contributed by atoms with Crippen LogP contribution in [0.1, 0.15) is 57.8 Å². The van der Waals surface area contributed by atoms with Gasteiger partial charge in [0.15, 0.2) is 0 Å². The average Bonchev–Trinajstić information content (AvgIpc) is 2.48. The standard InChI is InChI=1S/C18H29N3O2/c1-6-18(7-2,12-19)16(23)20-14-10-8-13(9-11-14)15(22)21-17(3,4)5/h8-11H,6-7,12,19H2,1-5H3,(H,20,23)(H,21,22). The maximum absolute atomic E-state index is 12.5. The molecule has 5 nitrogen and oxygen atoms in total. The van der Waals surface area contributed by atoms with Gasteiger partial charge in [0.25, 0.3) is 5.91 Å². The molecule has 0 bridgehead atoms. The van der Waals surface area contributed by atoms with E-state index < -0.39 is 5.41 Å². The lowest BCUT2D eigenvalue weighted by Gasteiger charge is -2.28. The molecular weight excluding hydrogens is 290 g/mol. The van der Waals surface area contributed by atoms with Gasteiger partial charge < -0.3 is 16.4 Å². The summed E-state index contributed by atoms with van der Waals surface area (Å²) in [6.45, 7) is 10.0. The molecule has 0 aliphatic rings. The average molecular weight is 319 g/mol. The predicted octanol–water partition coefficient (Wildman–Crippen LogP) is 2.92. The van der Waals surface area contributed by atoms with E-state index in [1.807, 2.05) is 34.6 Å². The van der Waals surface area contributed by atoms with Crippen LogP contribution in [0.2, 0.25) is 0 Å². The molecule has 1 rings (SSSR count). The van der Waals surface area contributed by atoms with Gasteiger partial charge in [0.2, 0.25) is 5.91 Å². The molecule has 0 radical (unpaired) electrons. The molecule has 0 aromatic heterocycles. The zero-order valence-corrected chi connectivity index (χ0v) is 14.8. The van der Waals surface area contributed by atoms with E-state index in [-0.39, 0.29) is 17.4 Å². The number of carbonyl (C=O) groups excluding carboxylic acids is 2. The lowest BCUT2D eigenvalue weighted by molar-refractivity contribution is -0.125. The van der Waals surface area contributed by atoms with Gasteiger partial charge in [-0.05, 0) is 57.9 Å². The Kier molecular flexibility index (Phi) is 6.33. The van der Waals surface area contributed by atoms with Gasteiger partial charge in [-0.3, -0.25) is 9.59 Å². The van der Waals surface area contributed by atoms with E-state index in [1.165, 1.54) is 0 Å². The van der Waals surface area contributed by atoms with Crippen LogP contribution in [0.4, 0.5) is 5.69 Å². The van der Waals surface area contributed by atoms with Crippen LogP contribution in [0.3, 0.4) is 0 Å². The second-order valence-corrected chi connectivity index (χ2v) is 6.93. The van der Waals surface area contributed by atoms with Crippen molar-refractivity contribution >= 4 is 17.5 Å². The van der Waals surface area contributed by atoms with Crippen LogP contribution in [0.5, 0.6) is 0 Å². The Balaban J connectivity index is 2.82. The van der Waals surface area contributed by atoms with Gasteiger partial charge in [0.1, 0.15) is 0 Å². The molecule has 128 valence electrons. The SMILES string of the molecule is CCC(CC)(CN)C(=O)Nc1ccc(C(=O)NC(C)(C)C)cc1. The number of hydrogen-bond acceptors (Lipinski definition) is 3. The zero-order valence-electron chi connectivity index (χ0n) is 14.8. The van der Waals surface area contributed by atoms with Crippen molar-refractivity contribution in [1.82, 2.24) is 5.32 Å². The number of benzene rings is 1. The number of anilines is 1. The van der Waals surface area contributed by atoms with Gasteiger partial charge in [-0.2, -0.15) is 0 Å². The largest absolute Gasteiger partial charge is 0.347 e. The molecule has 0 saturated carbocycles. The molecule has 0 aliphatic carbocycles. The Bertz CT molecular complexity index is 532. The molecule has 0 fully saturated rings. The molecule has 4 N–H and O–H groups in total. The van der Waals surface area contributed by atoms with E-state index in [0.29, 0.717) is 30.6 Å². The van der Waals surface area contributed by atoms with Crippen molar-refractivity contribution in [3.8, 4) is 0 Å². The fourth-order valence-corrected chi connectivity index (χ4v) is 2.33. The van der Waals surface area contributed by atoms with E-state index in [4.69, 9.17) is 5.73 Å². The topological polar surface area (TPSA) is 84.2 Å². The molecule has 0 atom stereocenters. The first-order valence-electron chi connectivity index (χ1n) is 8.11. The molecule has 0 unspecified atom stereocenters. The summed E-state index contributed by atoms with van der Waals surface area (Å²) in [5.74, 6) is -0.203. The van der Waals surface area contributed by atoms with Crippen LogP contribution in [-0.2, 0) is 4.79 Å². The first kappa shape index (κ1) is 19.2. The number of hydrogen-bond donors (Lipinski definition) is 3. The third-order valence-electron chi connectivity index (χ3n) is 4.12. The Morgan fingerprint density at radius 2 is 1.57 bits per heavy atom. The van der Waals surface area contributed by atoms with Crippen molar-refractivity contribution < 1.29 is 9.59 Å². The van der Waals surface area contributed by atoms with Gasteiger partial charge in [0.05, 0.1) is 5.41 Å². The van der Waals surface area contributed by atoms with E-state index in [0.717, 1.165) is 0 Å². The van der Waals surface area contributed by atoms with E-state index in [2.05, 4.69) is 10.6 Å². The Hall–Kier alpha value is -1.88. The fourth-order valence-electron chi connectivity index (χ4n) is 2.33. The molecule has 0 saturated heterocycles. The lowest BCUT2D eigenvalue weighted by Crippen LogP contribution is -2.41. The minimum atomic E-state index is -0.539. The van der Waals surface area contributed by atoms with Crippen molar-refractivity contribution in [3.05, 3.63) is 29.8 Å². The highest BCUT2D eigenvalue weighted by molar-refractivity contribution is 5.97. The minimum Gasteiger partial charge on any atom is -0.347 e. The van der Waals surface area contributed by atoms with Crippen LogP contribution >= 0.6 is 0 Å². The lowest BCUT2D eigenvalue weighted by atomic mass is 9.81. The van der Waals surface area contributed by atoms with E-state index in [9.17, 15) is 9.59 Å². The maximum Gasteiger partial charge on any atom is 0.251 e. The highest BCUT2D eigenvalue weighted by Crippen LogP contribution is 2.27. The van der Waals surface area contributed by atoms with Gasteiger partial charge in [-0.25, -0.2) is 0 Å². The van der Waals surface area contributed by atoms with Gasteiger partial charge >= 0.3 is 0 Å². The summed E-state index contributed by atoms with van der Waals surface area (Å²) in [6, 6.07) is 6.89. The molecule has 0 aliphatic heterocycles. The van der Waals surface area contributed by atoms with Crippen LogP contribution in [0.25, 0.3) is 0 Å². The van der Waals surface area contributed by atoms with Gasteiger partial charge in [0, 0.05) is 23.3 Å². The summed E-state index contributed by atoms with van der Waals surface area (Å²) in [6.07, 6.45) is 1.38. The summed E-state index contributed by atoms with van der Waals surface area (Å²) in [4.78, 5) is 24.5. The first-order valence-corrected chi connectivity index (χ1v) is 8.11. The molecule has 2 amide bonds. The highest BCUT2D eigenvalue weighted by Gasteiger charge is 2.33. The smallest absolute Gasteiger partial charge is 0.251 e. The monoisotopic (exact) mass is 319 g/mol. The zero-order chi connectivity index (χ0) is 17.7. The molecule has 1 aromatic carbocycles. The normalized spacial score (nSPS) is 11.9. The Morgan fingerprint density at radius 3 is 1.96 bits per heavy atom. The molecule has 0 heterocycles. The first-order chi connectivity index (χ1) is 10.7. The van der Waals surface area contributed by atoms with Crippen molar-refractivity contribution in [2.24, 2.45) is 11.1 Å². The predicted molar refractivity (Wildman–Crippen MR) is 94.4 cm³/mol. The van der Waals surface area contributed by atoms with Crippen molar-refractivity contribution in [1.29, 1.82) is 0 Å². The van der Waals surface area contributed by atoms with Gasteiger partial charge in [-0.1, -0.05) is 13.8 Å². The molecule has 0 spiro atoms. The molecule has 23 heavy (non-hydrogen) atoms. The minimum absolute atomic E-state index is 0.0723. The third kappa shape index (κ3) is 5.06. The van der Waals surface area contributed by atoms with Crippen LogP contribution < -0.4 is 16.4 Å². The number of rotatable bonds is 6. The summed E-state index contributed by atoms with van der Waals surface area (Å²) < 4.78 is 0. The second kappa shape index (κ2) is 7.59. The van der Waals surface area contributed by atoms with Crippen LogP contribution in [0, 0.1) is 5.41 Å². The van der Waals surface area contributed by atoms with Crippen molar-refractivity contribution in [3.63, 3.8) is 0 Å².